The normalized spacial score (nSPS) is 11.4. The predicted molar refractivity (Wildman–Crippen MR) is 112 cm³/mol. The van der Waals surface area contributed by atoms with Gasteiger partial charge >= 0.3 is 6.09 Å². The van der Waals surface area contributed by atoms with Crippen LogP contribution in [0.2, 0.25) is 10.0 Å². The van der Waals surface area contributed by atoms with Crippen LogP contribution in [0.5, 0.6) is 0 Å². The molecule has 1 heterocycles. The maximum Gasteiger partial charge on any atom is 0.420 e. The molecule has 0 bridgehead atoms. The van der Waals surface area contributed by atoms with Crippen LogP contribution >= 0.6 is 23.2 Å². The van der Waals surface area contributed by atoms with E-state index in [1.807, 2.05) is 48.5 Å². The van der Waals surface area contributed by atoms with Crippen LogP contribution in [0, 0.1) is 0 Å². The number of ether oxygens (including phenoxy) is 1. The minimum absolute atomic E-state index is 0.487. The van der Waals surface area contributed by atoms with Gasteiger partial charge in [-0.05, 0) is 37.1 Å². The molecule has 6 heteroatoms. The third kappa shape index (κ3) is 4.57. The molecule has 0 radical (unpaired) electrons. The van der Waals surface area contributed by atoms with Crippen molar-refractivity contribution >= 4 is 29.3 Å². The number of imidazole rings is 1. The smallest absolute Gasteiger partial charge is 0.420 e. The van der Waals surface area contributed by atoms with Crippen molar-refractivity contribution in [2.75, 3.05) is 0 Å². The van der Waals surface area contributed by atoms with Gasteiger partial charge in [-0.1, -0.05) is 67.2 Å². The summed E-state index contributed by atoms with van der Waals surface area (Å²) in [5.41, 5.74) is 0.777. The molecule has 0 unspecified atom stereocenters. The van der Waals surface area contributed by atoms with Gasteiger partial charge in [-0.15, -0.1) is 0 Å². The summed E-state index contributed by atoms with van der Waals surface area (Å²) < 4.78 is 7.51. The summed E-state index contributed by atoms with van der Waals surface area (Å²) in [7, 11) is 0. The molecule has 0 amide bonds. The molecule has 0 saturated heterocycles. The largest absolute Gasteiger partial charge is 0.432 e. The number of carbonyl (C=O) groups excluding carboxylic acids is 1. The van der Waals surface area contributed by atoms with E-state index in [-0.39, 0.29) is 0 Å². The van der Waals surface area contributed by atoms with E-state index in [1.54, 1.807) is 12.4 Å². The first-order valence-electron chi connectivity index (χ1n) is 9.28. The molecule has 28 heavy (non-hydrogen) atoms. The molecule has 1 aromatic heterocycles. The van der Waals surface area contributed by atoms with Gasteiger partial charge in [-0.2, -0.15) is 0 Å². The maximum atomic E-state index is 12.9. The van der Waals surface area contributed by atoms with Crippen LogP contribution in [0.3, 0.4) is 0 Å². The van der Waals surface area contributed by atoms with Gasteiger partial charge in [0, 0.05) is 33.6 Å². The molecule has 2 aromatic carbocycles. The highest BCUT2D eigenvalue weighted by atomic mass is 35.5. The van der Waals surface area contributed by atoms with Crippen LogP contribution in [0.15, 0.2) is 67.3 Å². The lowest BCUT2D eigenvalue weighted by atomic mass is 9.81. The van der Waals surface area contributed by atoms with E-state index in [0.29, 0.717) is 16.5 Å². The Labute approximate surface area is 175 Å². The number of unbranched alkanes of at least 4 members (excludes halogenated alkanes) is 2. The Morgan fingerprint density at radius 1 is 1.00 bits per heavy atom. The zero-order valence-electron chi connectivity index (χ0n) is 15.6. The van der Waals surface area contributed by atoms with Gasteiger partial charge < -0.3 is 4.74 Å². The van der Waals surface area contributed by atoms with E-state index >= 15 is 0 Å². The number of hydrogen-bond donors (Lipinski definition) is 0. The van der Waals surface area contributed by atoms with Gasteiger partial charge in [0.25, 0.3) is 0 Å². The highest BCUT2D eigenvalue weighted by Gasteiger charge is 2.38. The first-order chi connectivity index (χ1) is 13.5. The first kappa shape index (κ1) is 20.4. The number of aromatic nitrogens is 2. The second-order valence-electron chi connectivity index (χ2n) is 6.64. The van der Waals surface area contributed by atoms with Crippen molar-refractivity contribution in [3.8, 4) is 0 Å². The average molecular weight is 417 g/mol. The Morgan fingerprint density at radius 2 is 1.57 bits per heavy atom. The third-order valence-corrected chi connectivity index (χ3v) is 5.23. The van der Waals surface area contributed by atoms with Crippen molar-refractivity contribution in [3.63, 3.8) is 0 Å². The van der Waals surface area contributed by atoms with Crippen molar-refractivity contribution in [1.29, 1.82) is 0 Å². The molecule has 146 valence electrons. The Bertz CT molecular complexity index is 846. The van der Waals surface area contributed by atoms with Gasteiger partial charge in [-0.25, -0.2) is 14.3 Å². The quantitative estimate of drug-likeness (QED) is 0.402. The van der Waals surface area contributed by atoms with Crippen molar-refractivity contribution in [2.24, 2.45) is 0 Å². The summed E-state index contributed by atoms with van der Waals surface area (Å²) in [6.45, 7) is 2.14. The Hall–Kier alpha value is -2.30. The number of carbonyl (C=O) groups is 1. The monoisotopic (exact) mass is 416 g/mol. The zero-order chi connectivity index (χ0) is 20.0. The van der Waals surface area contributed by atoms with E-state index in [4.69, 9.17) is 27.9 Å². The van der Waals surface area contributed by atoms with Crippen LogP contribution in [0.25, 0.3) is 0 Å². The second kappa shape index (κ2) is 9.26. The summed E-state index contributed by atoms with van der Waals surface area (Å²) in [5.74, 6) is 0. The van der Waals surface area contributed by atoms with E-state index in [1.165, 1.54) is 10.9 Å². The molecule has 4 nitrogen and oxygen atoms in total. The Morgan fingerprint density at radius 3 is 2.04 bits per heavy atom. The van der Waals surface area contributed by atoms with Crippen molar-refractivity contribution in [1.82, 2.24) is 9.55 Å². The van der Waals surface area contributed by atoms with Crippen LogP contribution in [-0.2, 0) is 10.3 Å². The summed E-state index contributed by atoms with van der Waals surface area (Å²) in [5, 5.41) is 1.26. The number of nitrogens with zero attached hydrogens (tertiary/aromatic N) is 2. The van der Waals surface area contributed by atoms with Gasteiger partial charge in [-0.3, -0.25) is 0 Å². The molecular formula is C22H22Cl2N2O2. The highest BCUT2D eigenvalue weighted by Crippen LogP contribution is 2.40. The number of benzene rings is 2. The molecule has 3 aromatic rings. The fourth-order valence-corrected chi connectivity index (χ4v) is 3.51. The molecule has 0 aliphatic rings. The van der Waals surface area contributed by atoms with Crippen molar-refractivity contribution in [3.05, 3.63) is 88.4 Å². The van der Waals surface area contributed by atoms with E-state index in [9.17, 15) is 4.79 Å². The second-order valence-corrected chi connectivity index (χ2v) is 7.51. The van der Waals surface area contributed by atoms with Crippen LogP contribution in [0.1, 0.15) is 43.7 Å². The van der Waals surface area contributed by atoms with E-state index in [0.717, 1.165) is 30.4 Å². The van der Waals surface area contributed by atoms with Crippen LogP contribution in [0.4, 0.5) is 4.79 Å². The summed E-state index contributed by atoms with van der Waals surface area (Å²) in [6, 6.07) is 14.9. The predicted octanol–water partition coefficient (Wildman–Crippen LogP) is 6.70. The molecule has 3 rings (SSSR count). The van der Waals surface area contributed by atoms with Gasteiger partial charge in [0.05, 0.1) is 0 Å². The molecule has 0 N–H and O–H groups in total. The molecule has 0 spiro atoms. The van der Waals surface area contributed by atoms with E-state index in [2.05, 4.69) is 11.9 Å². The molecule has 0 saturated carbocycles. The lowest BCUT2D eigenvalue weighted by molar-refractivity contribution is 0.0309. The van der Waals surface area contributed by atoms with Crippen LogP contribution < -0.4 is 0 Å². The molecule has 0 atom stereocenters. The lowest BCUT2D eigenvalue weighted by Crippen LogP contribution is -2.35. The Kier molecular flexibility index (Phi) is 6.76. The van der Waals surface area contributed by atoms with Gasteiger partial charge in [0.2, 0.25) is 0 Å². The van der Waals surface area contributed by atoms with Crippen LogP contribution in [-0.4, -0.2) is 15.6 Å². The summed E-state index contributed by atoms with van der Waals surface area (Å²) in [4.78, 5) is 16.8. The molecular weight excluding hydrogens is 395 g/mol. The number of halogens is 2. The standard InChI is InChI=1S/C22H22Cl2N2O2/c1-2-3-4-13-22(17-5-9-19(23)10-6-17,18-7-11-20(24)12-8-18)28-21(27)26-15-14-25-16-26/h5-12,14-16H,2-4,13H2,1H3. The van der Waals surface area contributed by atoms with E-state index < -0.39 is 11.7 Å². The lowest BCUT2D eigenvalue weighted by Gasteiger charge is -2.35. The minimum Gasteiger partial charge on any atom is -0.432 e. The minimum atomic E-state index is -0.953. The number of hydrogen-bond acceptors (Lipinski definition) is 3. The van der Waals surface area contributed by atoms with Gasteiger partial charge in [0.1, 0.15) is 6.33 Å². The fraction of sp³-hybridized carbons (Fsp3) is 0.273. The third-order valence-electron chi connectivity index (χ3n) is 4.73. The molecule has 0 aliphatic carbocycles. The molecule has 0 fully saturated rings. The average Bonchev–Trinajstić information content (AvgIpc) is 3.23. The van der Waals surface area contributed by atoms with Crippen molar-refractivity contribution < 1.29 is 9.53 Å². The van der Waals surface area contributed by atoms with Crippen molar-refractivity contribution in [2.45, 2.75) is 38.2 Å². The summed E-state index contributed by atoms with van der Waals surface area (Å²) in [6.07, 6.45) is 7.71. The first-order valence-corrected chi connectivity index (χ1v) is 10.0. The fourth-order valence-electron chi connectivity index (χ4n) is 3.26. The SMILES string of the molecule is CCCCCC(OC(=O)n1ccnc1)(c1ccc(Cl)cc1)c1ccc(Cl)cc1. The summed E-state index contributed by atoms with van der Waals surface area (Å²) >= 11 is 12.2. The Balaban J connectivity index is 2.10. The maximum absolute atomic E-state index is 12.9. The topological polar surface area (TPSA) is 44.1 Å². The highest BCUT2D eigenvalue weighted by molar-refractivity contribution is 6.30. The zero-order valence-corrected chi connectivity index (χ0v) is 17.2. The number of rotatable bonds is 7. The van der Waals surface area contributed by atoms with Gasteiger partial charge in [0.15, 0.2) is 5.60 Å². The molecule has 0 aliphatic heterocycles.